The molecule has 3 heteroatoms. The van der Waals surface area contributed by atoms with Gasteiger partial charge in [0, 0.05) is 18.8 Å². The van der Waals surface area contributed by atoms with E-state index < -0.39 is 0 Å². The Labute approximate surface area is 95.7 Å². The fourth-order valence-electron chi connectivity index (χ4n) is 1.92. The van der Waals surface area contributed by atoms with E-state index >= 15 is 0 Å². The van der Waals surface area contributed by atoms with Crippen LogP contribution in [0, 0.1) is 16.7 Å². The van der Waals surface area contributed by atoms with Crippen LogP contribution in [0.15, 0.2) is 24.3 Å². The van der Waals surface area contributed by atoms with Gasteiger partial charge in [-0.15, -0.1) is 0 Å². The van der Waals surface area contributed by atoms with Gasteiger partial charge in [0.2, 0.25) is 0 Å². The number of hydrogen-bond acceptors (Lipinski definition) is 3. The smallest absolute Gasteiger partial charge is 0.0992 e. The van der Waals surface area contributed by atoms with Crippen molar-refractivity contribution >= 4 is 5.69 Å². The Kier molecular flexibility index (Phi) is 3.12. The van der Waals surface area contributed by atoms with E-state index in [1.165, 1.54) is 12.8 Å². The molecule has 0 saturated heterocycles. The number of rotatable bonds is 5. The first-order valence-corrected chi connectivity index (χ1v) is 5.63. The Morgan fingerprint density at radius 3 is 2.88 bits per heavy atom. The lowest BCUT2D eigenvalue weighted by molar-refractivity contribution is 0.253. The van der Waals surface area contributed by atoms with Gasteiger partial charge in [-0.05, 0) is 42.9 Å². The van der Waals surface area contributed by atoms with Gasteiger partial charge < -0.3 is 10.4 Å². The quantitative estimate of drug-likeness (QED) is 0.792. The Morgan fingerprint density at radius 2 is 2.25 bits per heavy atom. The second-order valence-electron chi connectivity index (χ2n) is 4.52. The molecule has 84 valence electrons. The summed E-state index contributed by atoms with van der Waals surface area (Å²) in [6.07, 6.45) is 3.26. The van der Waals surface area contributed by atoms with Crippen LogP contribution in [0.3, 0.4) is 0 Å². The highest BCUT2D eigenvalue weighted by Gasteiger charge is 2.41. The van der Waals surface area contributed by atoms with Crippen LogP contribution in [-0.4, -0.2) is 18.3 Å². The van der Waals surface area contributed by atoms with Gasteiger partial charge in [-0.2, -0.15) is 5.26 Å². The average molecular weight is 216 g/mol. The summed E-state index contributed by atoms with van der Waals surface area (Å²) in [5, 5.41) is 21.1. The van der Waals surface area contributed by atoms with Gasteiger partial charge in [-0.25, -0.2) is 0 Å². The molecule has 1 aliphatic rings. The normalized spacial score (nSPS) is 16.5. The molecule has 0 aromatic heterocycles. The van der Waals surface area contributed by atoms with Crippen LogP contribution in [0.1, 0.15) is 24.8 Å². The molecular weight excluding hydrogens is 200 g/mol. The average Bonchev–Trinajstić information content (AvgIpc) is 3.08. The predicted molar refractivity (Wildman–Crippen MR) is 63.0 cm³/mol. The Morgan fingerprint density at radius 1 is 1.44 bits per heavy atom. The van der Waals surface area contributed by atoms with Gasteiger partial charge in [-0.1, -0.05) is 6.07 Å². The van der Waals surface area contributed by atoms with E-state index in [2.05, 4.69) is 11.4 Å². The topological polar surface area (TPSA) is 56.0 Å². The molecule has 0 heterocycles. The van der Waals surface area contributed by atoms with Gasteiger partial charge in [0.25, 0.3) is 0 Å². The van der Waals surface area contributed by atoms with E-state index in [0.717, 1.165) is 18.7 Å². The van der Waals surface area contributed by atoms with Crippen LogP contribution >= 0.6 is 0 Å². The first-order valence-electron chi connectivity index (χ1n) is 5.63. The number of benzene rings is 1. The number of nitriles is 1. The number of nitrogens with zero attached hydrogens (tertiary/aromatic N) is 1. The molecule has 1 saturated carbocycles. The summed E-state index contributed by atoms with van der Waals surface area (Å²) in [5.74, 6) is 0. The zero-order valence-corrected chi connectivity index (χ0v) is 9.24. The Bertz CT molecular complexity index is 405. The number of aliphatic hydroxyl groups excluding tert-OH is 1. The van der Waals surface area contributed by atoms with Crippen molar-refractivity contribution in [2.24, 2.45) is 5.41 Å². The second kappa shape index (κ2) is 4.54. The number of hydrogen-bond donors (Lipinski definition) is 2. The van der Waals surface area contributed by atoms with Crippen LogP contribution in [0.25, 0.3) is 0 Å². The van der Waals surface area contributed by atoms with E-state index in [1.807, 2.05) is 18.2 Å². The van der Waals surface area contributed by atoms with Crippen LogP contribution in [0.2, 0.25) is 0 Å². The molecule has 0 unspecified atom stereocenters. The van der Waals surface area contributed by atoms with E-state index in [9.17, 15) is 0 Å². The third-order valence-electron chi connectivity index (χ3n) is 3.26. The van der Waals surface area contributed by atoms with Gasteiger partial charge in [-0.3, -0.25) is 0 Å². The molecule has 16 heavy (non-hydrogen) atoms. The highest BCUT2D eigenvalue weighted by atomic mass is 16.3. The zero-order valence-electron chi connectivity index (χ0n) is 9.24. The lowest BCUT2D eigenvalue weighted by Gasteiger charge is -2.15. The predicted octanol–water partition coefficient (Wildman–Crippen LogP) is 2.13. The van der Waals surface area contributed by atoms with Gasteiger partial charge in [0.05, 0.1) is 11.6 Å². The Hall–Kier alpha value is -1.53. The SMILES string of the molecule is N#Cc1cccc(NCC2(CCO)CC2)c1. The maximum atomic E-state index is 8.95. The molecule has 0 bridgehead atoms. The first kappa shape index (κ1) is 11.0. The largest absolute Gasteiger partial charge is 0.396 e. The summed E-state index contributed by atoms with van der Waals surface area (Å²) in [6.45, 7) is 1.16. The van der Waals surface area contributed by atoms with E-state index in [-0.39, 0.29) is 6.61 Å². The molecule has 3 nitrogen and oxygen atoms in total. The van der Waals surface area contributed by atoms with E-state index in [1.54, 1.807) is 6.07 Å². The summed E-state index contributed by atoms with van der Waals surface area (Å²) < 4.78 is 0. The number of aliphatic hydroxyl groups is 1. The Balaban J connectivity index is 1.92. The molecule has 0 amide bonds. The van der Waals surface area contributed by atoms with Crippen molar-refractivity contribution in [3.63, 3.8) is 0 Å². The second-order valence-corrected chi connectivity index (χ2v) is 4.52. The van der Waals surface area contributed by atoms with E-state index in [0.29, 0.717) is 11.0 Å². The minimum absolute atomic E-state index is 0.264. The van der Waals surface area contributed by atoms with Crippen molar-refractivity contribution in [1.29, 1.82) is 5.26 Å². The third-order valence-corrected chi connectivity index (χ3v) is 3.26. The zero-order chi connectivity index (χ0) is 11.4. The summed E-state index contributed by atoms with van der Waals surface area (Å²) in [4.78, 5) is 0. The molecule has 0 radical (unpaired) electrons. The lowest BCUT2D eigenvalue weighted by atomic mass is 10.0. The summed E-state index contributed by atoms with van der Waals surface area (Å²) in [7, 11) is 0. The molecule has 1 aromatic carbocycles. The standard InChI is InChI=1S/C13H16N2O/c14-9-11-2-1-3-12(8-11)15-10-13(4-5-13)6-7-16/h1-3,8,15-16H,4-7,10H2. The molecule has 1 aliphatic carbocycles. The van der Waals surface area contributed by atoms with Crippen molar-refractivity contribution in [3.8, 4) is 6.07 Å². The van der Waals surface area contributed by atoms with Gasteiger partial charge >= 0.3 is 0 Å². The molecule has 2 rings (SSSR count). The maximum Gasteiger partial charge on any atom is 0.0992 e. The highest BCUT2D eigenvalue weighted by molar-refractivity contribution is 5.49. The van der Waals surface area contributed by atoms with Crippen LogP contribution in [0.4, 0.5) is 5.69 Å². The first-order chi connectivity index (χ1) is 7.78. The van der Waals surface area contributed by atoms with Crippen LogP contribution in [0.5, 0.6) is 0 Å². The molecule has 2 N–H and O–H groups in total. The molecule has 1 fully saturated rings. The fourth-order valence-corrected chi connectivity index (χ4v) is 1.92. The van der Waals surface area contributed by atoms with Gasteiger partial charge in [0.1, 0.15) is 0 Å². The van der Waals surface area contributed by atoms with Crippen molar-refractivity contribution in [2.45, 2.75) is 19.3 Å². The highest BCUT2D eigenvalue weighted by Crippen LogP contribution is 2.48. The molecule has 0 spiro atoms. The molecular formula is C13H16N2O. The van der Waals surface area contributed by atoms with Crippen molar-refractivity contribution in [3.05, 3.63) is 29.8 Å². The van der Waals surface area contributed by atoms with Gasteiger partial charge in [0.15, 0.2) is 0 Å². The summed E-state index contributed by atoms with van der Waals surface area (Å²) in [5.41, 5.74) is 1.97. The van der Waals surface area contributed by atoms with Crippen LogP contribution in [-0.2, 0) is 0 Å². The third kappa shape index (κ3) is 2.53. The van der Waals surface area contributed by atoms with Crippen molar-refractivity contribution < 1.29 is 5.11 Å². The fraction of sp³-hybridized carbons (Fsp3) is 0.462. The monoisotopic (exact) mass is 216 g/mol. The molecule has 0 atom stereocenters. The lowest BCUT2D eigenvalue weighted by Crippen LogP contribution is -2.16. The molecule has 1 aromatic rings. The van der Waals surface area contributed by atoms with Crippen molar-refractivity contribution in [2.75, 3.05) is 18.5 Å². The molecule has 0 aliphatic heterocycles. The minimum Gasteiger partial charge on any atom is -0.396 e. The summed E-state index contributed by atoms with van der Waals surface area (Å²) >= 11 is 0. The van der Waals surface area contributed by atoms with Crippen molar-refractivity contribution in [1.82, 2.24) is 0 Å². The van der Waals surface area contributed by atoms with Crippen LogP contribution < -0.4 is 5.32 Å². The van der Waals surface area contributed by atoms with E-state index in [4.69, 9.17) is 10.4 Å². The summed E-state index contributed by atoms with van der Waals surface area (Å²) in [6, 6.07) is 9.63. The maximum absolute atomic E-state index is 8.95. The number of anilines is 1. The number of nitrogens with one attached hydrogen (secondary N) is 1. The minimum atomic E-state index is 0.264.